The van der Waals surface area contributed by atoms with Crippen molar-refractivity contribution in [2.75, 3.05) is 29.5 Å². The predicted molar refractivity (Wildman–Crippen MR) is 81.4 cm³/mol. The highest BCUT2D eigenvalue weighted by Crippen LogP contribution is 2.22. The maximum atomic E-state index is 2.49. The van der Waals surface area contributed by atoms with E-state index in [2.05, 4.69) is 54.8 Å². The van der Waals surface area contributed by atoms with Crippen molar-refractivity contribution in [3.63, 3.8) is 0 Å². The third-order valence-electron chi connectivity index (χ3n) is 2.94. The Morgan fingerprint density at radius 2 is 1.53 bits per heavy atom. The number of thioether (sulfide) groups is 1. The average molecular weight is 251 g/mol. The first-order valence-electron chi connectivity index (χ1n) is 6.70. The van der Waals surface area contributed by atoms with Gasteiger partial charge in [-0.1, -0.05) is 39.8 Å². The summed E-state index contributed by atoms with van der Waals surface area (Å²) in [5.74, 6) is 3.17. The standard InChI is InChI=1S/C13H19NS.C2H6/c1-11(2)12-3-5-13(6-4-12)14-7-9-15-10-8-14;1-2/h3-6,11H,7-10H2,1-2H3;1-2H3. The molecule has 0 atom stereocenters. The molecule has 0 aliphatic carbocycles. The van der Waals surface area contributed by atoms with Gasteiger partial charge in [0.15, 0.2) is 0 Å². The minimum absolute atomic E-state index is 0.635. The van der Waals surface area contributed by atoms with Crippen LogP contribution in [0, 0.1) is 0 Å². The first-order chi connectivity index (χ1) is 8.27. The number of hydrogen-bond acceptors (Lipinski definition) is 2. The van der Waals surface area contributed by atoms with Gasteiger partial charge < -0.3 is 4.90 Å². The molecule has 0 saturated carbocycles. The fraction of sp³-hybridized carbons (Fsp3) is 0.600. The highest BCUT2D eigenvalue weighted by atomic mass is 32.2. The molecule has 1 aliphatic heterocycles. The molecule has 1 fully saturated rings. The lowest BCUT2D eigenvalue weighted by Crippen LogP contribution is -2.32. The van der Waals surface area contributed by atoms with Crippen molar-refractivity contribution in [2.24, 2.45) is 0 Å². The van der Waals surface area contributed by atoms with Gasteiger partial charge in [-0.3, -0.25) is 0 Å². The zero-order valence-corrected chi connectivity index (χ0v) is 12.4. The molecule has 0 aromatic heterocycles. The molecule has 2 heteroatoms. The summed E-state index contributed by atoms with van der Waals surface area (Å²) in [6, 6.07) is 9.07. The summed E-state index contributed by atoms with van der Waals surface area (Å²) in [4.78, 5) is 2.49. The van der Waals surface area contributed by atoms with E-state index in [-0.39, 0.29) is 0 Å². The van der Waals surface area contributed by atoms with Crippen LogP contribution in [0.25, 0.3) is 0 Å². The van der Waals surface area contributed by atoms with Crippen LogP contribution < -0.4 is 4.90 Å². The SMILES string of the molecule is CC.CC(C)c1ccc(N2CCSCC2)cc1. The molecule has 1 aromatic rings. The number of benzene rings is 1. The summed E-state index contributed by atoms with van der Waals surface area (Å²) in [5.41, 5.74) is 2.82. The molecule has 0 radical (unpaired) electrons. The van der Waals surface area contributed by atoms with Crippen LogP contribution >= 0.6 is 11.8 Å². The van der Waals surface area contributed by atoms with Crippen LogP contribution in [0.4, 0.5) is 5.69 Å². The Bertz CT molecular complexity index is 299. The van der Waals surface area contributed by atoms with Crippen LogP contribution in [0.5, 0.6) is 0 Å². The van der Waals surface area contributed by atoms with Gasteiger partial charge in [-0.2, -0.15) is 11.8 Å². The van der Waals surface area contributed by atoms with Gasteiger partial charge in [-0.15, -0.1) is 0 Å². The smallest absolute Gasteiger partial charge is 0.0366 e. The maximum Gasteiger partial charge on any atom is 0.0366 e. The van der Waals surface area contributed by atoms with Crippen molar-refractivity contribution in [3.05, 3.63) is 29.8 Å². The summed E-state index contributed by atoms with van der Waals surface area (Å²) in [6.07, 6.45) is 0. The molecule has 0 spiro atoms. The molecule has 96 valence electrons. The van der Waals surface area contributed by atoms with Crippen LogP contribution in [0.3, 0.4) is 0 Å². The quantitative estimate of drug-likeness (QED) is 0.767. The highest BCUT2D eigenvalue weighted by molar-refractivity contribution is 7.99. The molecule has 1 heterocycles. The molecule has 2 rings (SSSR count). The van der Waals surface area contributed by atoms with E-state index < -0.39 is 0 Å². The largest absolute Gasteiger partial charge is 0.370 e. The van der Waals surface area contributed by atoms with Crippen LogP contribution in [-0.2, 0) is 0 Å². The molecule has 1 aliphatic rings. The minimum Gasteiger partial charge on any atom is -0.370 e. The second-order valence-electron chi connectivity index (χ2n) is 4.35. The van der Waals surface area contributed by atoms with Crippen molar-refractivity contribution < 1.29 is 0 Å². The van der Waals surface area contributed by atoms with Gasteiger partial charge in [0.1, 0.15) is 0 Å². The lowest BCUT2D eigenvalue weighted by molar-refractivity contribution is 0.848. The lowest BCUT2D eigenvalue weighted by Gasteiger charge is -2.28. The van der Waals surface area contributed by atoms with Crippen LogP contribution in [-0.4, -0.2) is 24.6 Å². The third kappa shape index (κ3) is 4.27. The zero-order chi connectivity index (χ0) is 12.7. The Labute approximate surface area is 111 Å². The minimum atomic E-state index is 0.635. The lowest BCUT2D eigenvalue weighted by atomic mass is 10.0. The highest BCUT2D eigenvalue weighted by Gasteiger charge is 2.10. The van der Waals surface area contributed by atoms with Gasteiger partial charge in [0.05, 0.1) is 0 Å². The van der Waals surface area contributed by atoms with Gasteiger partial charge in [0, 0.05) is 30.3 Å². The molecular weight excluding hydrogens is 226 g/mol. The number of nitrogens with zero attached hydrogens (tertiary/aromatic N) is 1. The molecule has 0 amide bonds. The summed E-state index contributed by atoms with van der Waals surface area (Å²) in [7, 11) is 0. The van der Waals surface area contributed by atoms with E-state index in [4.69, 9.17) is 0 Å². The first kappa shape index (κ1) is 14.4. The summed E-state index contributed by atoms with van der Waals surface area (Å²) >= 11 is 2.06. The summed E-state index contributed by atoms with van der Waals surface area (Å²) in [6.45, 7) is 10.9. The van der Waals surface area contributed by atoms with Crippen LogP contribution in [0.2, 0.25) is 0 Å². The number of hydrogen-bond donors (Lipinski definition) is 0. The molecular formula is C15H25NS. The fourth-order valence-corrected chi connectivity index (χ4v) is 2.79. The maximum absolute atomic E-state index is 2.49. The van der Waals surface area contributed by atoms with Gasteiger partial charge in [0.25, 0.3) is 0 Å². The summed E-state index contributed by atoms with van der Waals surface area (Å²) < 4.78 is 0. The monoisotopic (exact) mass is 251 g/mol. The Morgan fingerprint density at radius 1 is 1.00 bits per heavy atom. The van der Waals surface area contributed by atoms with Crippen molar-refractivity contribution in [1.82, 2.24) is 0 Å². The number of rotatable bonds is 2. The molecule has 1 aromatic carbocycles. The van der Waals surface area contributed by atoms with Crippen molar-refractivity contribution in [3.8, 4) is 0 Å². The average Bonchev–Trinajstić information content (AvgIpc) is 2.42. The van der Waals surface area contributed by atoms with Crippen LogP contribution in [0.1, 0.15) is 39.2 Å². The van der Waals surface area contributed by atoms with E-state index in [0.717, 1.165) is 0 Å². The van der Waals surface area contributed by atoms with Gasteiger partial charge in [0.2, 0.25) is 0 Å². The Balaban J connectivity index is 0.000000686. The van der Waals surface area contributed by atoms with Crippen LogP contribution in [0.15, 0.2) is 24.3 Å². The van der Waals surface area contributed by atoms with Crippen molar-refractivity contribution in [1.29, 1.82) is 0 Å². The zero-order valence-electron chi connectivity index (χ0n) is 11.6. The van der Waals surface area contributed by atoms with E-state index in [1.165, 1.54) is 35.8 Å². The van der Waals surface area contributed by atoms with E-state index in [1.54, 1.807) is 0 Å². The van der Waals surface area contributed by atoms with Gasteiger partial charge >= 0.3 is 0 Å². The van der Waals surface area contributed by atoms with E-state index in [9.17, 15) is 0 Å². The van der Waals surface area contributed by atoms with Gasteiger partial charge in [-0.05, 0) is 23.6 Å². The molecule has 17 heavy (non-hydrogen) atoms. The van der Waals surface area contributed by atoms with E-state index >= 15 is 0 Å². The van der Waals surface area contributed by atoms with Gasteiger partial charge in [-0.25, -0.2) is 0 Å². The van der Waals surface area contributed by atoms with Crippen molar-refractivity contribution >= 4 is 17.4 Å². The molecule has 1 saturated heterocycles. The van der Waals surface area contributed by atoms with E-state index in [1.807, 2.05) is 13.8 Å². The first-order valence-corrected chi connectivity index (χ1v) is 7.85. The molecule has 0 N–H and O–H groups in total. The topological polar surface area (TPSA) is 3.24 Å². The molecule has 0 bridgehead atoms. The Hall–Kier alpha value is -0.630. The molecule has 0 unspecified atom stereocenters. The van der Waals surface area contributed by atoms with E-state index in [0.29, 0.717) is 5.92 Å². The number of anilines is 1. The second kappa shape index (κ2) is 7.65. The van der Waals surface area contributed by atoms with Crippen molar-refractivity contribution in [2.45, 2.75) is 33.6 Å². The molecule has 1 nitrogen and oxygen atoms in total. The third-order valence-corrected chi connectivity index (χ3v) is 3.88. The normalized spacial score (nSPS) is 15.5. The Kier molecular flexibility index (Phi) is 6.49. The fourth-order valence-electron chi connectivity index (χ4n) is 1.89. The predicted octanol–water partition coefficient (Wildman–Crippen LogP) is 4.39. The summed E-state index contributed by atoms with van der Waals surface area (Å²) in [5, 5.41) is 0. The Morgan fingerprint density at radius 3 is 2.00 bits per heavy atom. The second-order valence-corrected chi connectivity index (χ2v) is 5.57.